The van der Waals surface area contributed by atoms with Crippen LogP contribution in [0.15, 0.2) is 17.8 Å². The van der Waals surface area contributed by atoms with E-state index in [-0.39, 0.29) is 0 Å². The van der Waals surface area contributed by atoms with E-state index in [9.17, 15) is 0 Å². The van der Waals surface area contributed by atoms with Crippen molar-refractivity contribution in [3.8, 4) is 0 Å². The molecule has 2 heterocycles. The standard InChI is InChI=1S/C11H16N4S/c1-8(3-2-5-12)15-11-10-9(4-6-16-10)13-7-14-11/h4,6-8H,2-3,5,12H2,1H3,(H,13,14,15). The molecule has 86 valence electrons. The average molecular weight is 236 g/mol. The summed E-state index contributed by atoms with van der Waals surface area (Å²) in [7, 11) is 0. The van der Waals surface area contributed by atoms with Gasteiger partial charge >= 0.3 is 0 Å². The highest BCUT2D eigenvalue weighted by Crippen LogP contribution is 2.25. The van der Waals surface area contributed by atoms with Gasteiger partial charge < -0.3 is 11.1 Å². The fourth-order valence-electron chi connectivity index (χ4n) is 1.62. The molecular weight excluding hydrogens is 220 g/mol. The molecule has 0 aliphatic carbocycles. The van der Waals surface area contributed by atoms with Crippen molar-refractivity contribution in [2.24, 2.45) is 5.73 Å². The largest absolute Gasteiger partial charge is 0.366 e. The first-order valence-electron chi connectivity index (χ1n) is 5.46. The highest BCUT2D eigenvalue weighted by atomic mass is 32.1. The summed E-state index contributed by atoms with van der Waals surface area (Å²) in [6.45, 7) is 2.89. The van der Waals surface area contributed by atoms with Gasteiger partial charge in [0.2, 0.25) is 0 Å². The number of hydrogen-bond acceptors (Lipinski definition) is 5. The highest BCUT2D eigenvalue weighted by Gasteiger charge is 2.07. The molecule has 3 N–H and O–H groups in total. The first-order valence-corrected chi connectivity index (χ1v) is 6.34. The van der Waals surface area contributed by atoms with E-state index in [2.05, 4.69) is 22.2 Å². The van der Waals surface area contributed by atoms with Gasteiger partial charge in [-0.2, -0.15) is 0 Å². The normalized spacial score (nSPS) is 12.9. The van der Waals surface area contributed by atoms with Gasteiger partial charge in [0.05, 0.1) is 10.2 Å². The van der Waals surface area contributed by atoms with Crippen molar-refractivity contribution in [3.05, 3.63) is 17.8 Å². The van der Waals surface area contributed by atoms with Crippen LogP contribution in [0.2, 0.25) is 0 Å². The van der Waals surface area contributed by atoms with Gasteiger partial charge in [-0.25, -0.2) is 9.97 Å². The summed E-state index contributed by atoms with van der Waals surface area (Å²) in [5, 5.41) is 5.45. The summed E-state index contributed by atoms with van der Waals surface area (Å²) >= 11 is 1.67. The molecule has 0 radical (unpaired) electrons. The molecular formula is C11H16N4S. The molecule has 2 aromatic heterocycles. The van der Waals surface area contributed by atoms with Crippen LogP contribution < -0.4 is 11.1 Å². The third-order valence-corrected chi connectivity index (χ3v) is 3.38. The lowest BCUT2D eigenvalue weighted by atomic mass is 10.2. The summed E-state index contributed by atoms with van der Waals surface area (Å²) in [5.74, 6) is 0.935. The zero-order chi connectivity index (χ0) is 11.4. The summed E-state index contributed by atoms with van der Waals surface area (Å²) in [4.78, 5) is 8.49. The third kappa shape index (κ3) is 2.48. The van der Waals surface area contributed by atoms with Crippen LogP contribution >= 0.6 is 11.3 Å². The Kier molecular flexibility index (Phi) is 3.69. The zero-order valence-corrected chi connectivity index (χ0v) is 10.1. The van der Waals surface area contributed by atoms with Gasteiger partial charge in [0.1, 0.15) is 12.1 Å². The van der Waals surface area contributed by atoms with Crippen molar-refractivity contribution < 1.29 is 0 Å². The first kappa shape index (κ1) is 11.3. The minimum Gasteiger partial charge on any atom is -0.366 e. The van der Waals surface area contributed by atoms with E-state index in [1.807, 2.05) is 11.4 Å². The molecule has 0 saturated heterocycles. The Labute approximate surface area is 98.9 Å². The molecule has 0 aliphatic heterocycles. The molecule has 0 aromatic carbocycles. The molecule has 4 nitrogen and oxygen atoms in total. The van der Waals surface area contributed by atoms with Crippen molar-refractivity contribution in [3.63, 3.8) is 0 Å². The predicted molar refractivity (Wildman–Crippen MR) is 68.8 cm³/mol. The van der Waals surface area contributed by atoms with Gasteiger partial charge in [0, 0.05) is 6.04 Å². The number of nitrogens with one attached hydrogen (secondary N) is 1. The van der Waals surface area contributed by atoms with Crippen molar-refractivity contribution >= 4 is 27.4 Å². The summed E-state index contributed by atoms with van der Waals surface area (Å²) in [5.41, 5.74) is 6.50. The Morgan fingerprint density at radius 1 is 1.50 bits per heavy atom. The Balaban J connectivity index is 2.11. The van der Waals surface area contributed by atoms with Crippen molar-refractivity contribution in [2.45, 2.75) is 25.8 Å². The number of thiophene rings is 1. The van der Waals surface area contributed by atoms with Crippen LogP contribution in [-0.2, 0) is 0 Å². The number of rotatable bonds is 5. The number of fused-ring (bicyclic) bond motifs is 1. The van der Waals surface area contributed by atoms with Crippen LogP contribution in [0.25, 0.3) is 10.2 Å². The molecule has 1 unspecified atom stereocenters. The van der Waals surface area contributed by atoms with Crippen molar-refractivity contribution in [1.82, 2.24) is 9.97 Å². The van der Waals surface area contributed by atoms with Crippen molar-refractivity contribution in [2.75, 3.05) is 11.9 Å². The molecule has 16 heavy (non-hydrogen) atoms. The Morgan fingerprint density at radius 3 is 3.19 bits per heavy atom. The number of aromatic nitrogens is 2. The molecule has 1 atom stereocenters. The van der Waals surface area contributed by atoms with Gasteiger partial charge in [-0.3, -0.25) is 0 Å². The fourth-order valence-corrected chi connectivity index (χ4v) is 2.42. The van der Waals surface area contributed by atoms with Gasteiger partial charge in [-0.05, 0) is 37.8 Å². The summed E-state index contributed by atoms with van der Waals surface area (Å²) in [6, 6.07) is 2.40. The van der Waals surface area contributed by atoms with Gasteiger partial charge in [0.15, 0.2) is 0 Å². The number of hydrogen-bond donors (Lipinski definition) is 2. The molecule has 0 saturated carbocycles. The second kappa shape index (κ2) is 5.23. The Bertz CT molecular complexity index is 454. The van der Waals surface area contributed by atoms with E-state index in [1.165, 1.54) is 0 Å². The second-order valence-corrected chi connectivity index (χ2v) is 4.75. The van der Waals surface area contributed by atoms with Gasteiger partial charge in [-0.15, -0.1) is 11.3 Å². The molecule has 0 fully saturated rings. The quantitative estimate of drug-likeness (QED) is 0.835. The number of nitrogens with two attached hydrogens (primary N) is 1. The van der Waals surface area contributed by atoms with Crippen LogP contribution in [0.5, 0.6) is 0 Å². The SMILES string of the molecule is CC(CCCN)Nc1ncnc2ccsc12. The van der Waals surface area contributed by atoms with E-state index >= 15 is 0 Å². The Hall–Kier alpha value is -1.20. The monoisotopic (exact) mass is 236 g/mol. The maximum atomic E-state index is 5.49. The predicted octanol–water partition coefficient (Wildman–Crippen LogP) is 2.23. The van der Waals surface area contributed by atoms with Crippen LogP contribution in [0.4, 0.5) is 5.82 Å². The maximum Gasteiger partial charge on any atom is 0.147 e. The number of nitrogens with zero attached hydrogens (tertiary/aromatic N) is 2. The van der Waals surface area contributed by atoms with E-state index in [0.717, 1.165) is 35.4 Å². The maximum absolute atomic E-state index is 5.49. The molecule has 0 bridgehead atoms. The van der Waals surface area contributed by atoms with Crippen LogP contribution in [0.1, 0.15) is 19.8 Å². The summed E-state index contributed by atoms with van der Waals surface area (Å²) in [6.07, 6.45) is 3.70. The van der Waals surface area contributed by atoms with Crippen LogP contribution in [0, 0.1) is 0 Å². The van der Waals surface area contributed by atoms with E-state index in [4.69, 9.17) is 5.73 Å². The lowest BCUT2D eigenvalue weighted by Gasteiger charge is -2.13. The lowest BCUT2D eigenvalue weighted by Crippen LogP contribution is -2.17. The number of anilines is 1. The van der Waals surface area contributed by atoms with E-state index < -0.39 is 0 Å². The van der Waals surface area contributed by atoms with E-state index in [0.29, 0.717) is 6.04 Å². The van der Waals surface area contributed by atoms with Gasteiger partial charge in [-0.1, -0.05) is 0 Å². The minimum atomic E-state index is 0.392. The fraction of sp³-hybridized carbons (Fsp3) is 0.455. The smallest absolute Gasteiger partial charge is 0.147 e. The molecule has 2 rings (SSSR count). The zero-order valence-electron chi connectivity index (χ0n) is 9.31. The Morgan fingerprint density at radius 2 is 2.38 bits per heavy atom. The average Bonchev–Trinajstić information content (AvgIpc) is 2.75. The van der Waals surface area contributed by atoms with Crippen LogP contribution in [0.3, 0.4) is 0 Å². The lowest BCUT2D eigenvalue weighted by molar-refractivity contribution is 0.661. The first-order chi connectivity index (χ1) is 7.81. The topological polar surface area (TPSA) is 63.8 Å². The second-order valence-electron chi connectivity index (χ2n) is 3.83. The molecule has 5 heteroatoms. The third-order valence-electron chi connectivity index (χ3n) is 2.47. The molecule has 2 aromatic rings. The molecule has 0 spiro atoms. The molecule has 0 aliphatic rings. The van der Waals surface area contributed by atoms with E-state index in [1.54, 1.807) is 17.7 Å². The molecule has 0 amide bonds. The highest BCUT2D eigenvalue weighted by molar-refractivity contribution is 7.17. The van der Waals surface area contributed by atoms with Crippen molar-refractivity contribution in [1.29, 1.82) is 0 Å². The minimum absolute atomic E-state index is 0.392. The van der Waals surface area contributed by atoms with Gasteiger partial charge in [0.25, 0.3) is 0 Å². The van der Waals surface area contributed by atoms with Crippen LogP contribution in [-0.4, -0.2) is 22.6 Å². The summed E-state index contributed by atoms with van der Waals surface area (Å²) < 4.78 is 1.13.